The number of aryl methyl sites for hydroxylation is 1. The maximum absolute atomic E-state index is 12.3. The van der Waals surface area contributed by atoms with E-state index in [0.717, 1.165) is 0 Å². The quantitative estimate of drug-likeness (QED) is 0.374. The zero-order valence-electron chi connectivity index (χ0n) is 15.5. The zero-order chi connectivity index (χ0) is 20.4. The molecule has 0 saturated carbocycles. The highest BCUT2D eigenvalue weighted by atomic mass is 16.6. The summed E-state index contributed by atoms with van der Waals surface area (Å²) in [5, 5.41) is 14.9. The highest BCUT2D eigenvalue weighted by Gasteiger charge is 2.17. The van der Waals surface area contributed by atoms with Crippen molar-refractivity contribution < 1.29 is 4.92 Å². The Morgan fingerprint density at radius 1 is 1.39 bits per heavy atom. The van der Waals surface area contributed by atoms with Crippen molar-refractivity contribution in [3.63, 3.8) is 0 Å². The van der Waals surface area contributed by atoms with E-state index in [1.807, 2.05) is 13.8 Å². The molecule has 0 radical (unpaired) electrons. The Morgan fingerprint density at radius 2 is 2.14 bits per heavy atom. The number of nitro groups is 1. The van der Waals surface area contributed by atoms with E-state index < -0.39 is 16.2 Å². The van der Waals surface area contributed by atoms with Crippen molar-refractivity contribution in [1.82, 2.24) is 19.1 Å². The number of benzene rings is 1. The van der Waals surface area contributed by atoms with Gasteiger partial charge in [-0.1, -0.05) is 26.0 Å². The number of fused-ring (bicyclic) bond motifs is 1. The first-order chi connectivity index (χ1) is 13.3. The van der Waals surface area contributed by atoms with Crippen LogP contribution in [0.2, 0.25) is 0 Å². The molecule has 28 heavy (non-hydrogen) atoms. The van der Waals surface area contributed by atoms with Gasteiger partial charge in [0.15, 0.2) is 11.2 Å². The third kappa shape index (κ3) is 3.68. The Balaban J connectivity index is 2.00. The van der Waals surface area contributed by atoms with E-state index in [1.165, 1.54) is 30.0 Å². The average molecular weight is 385 g/mol. The molecule has 0 fully saturated rings. The van der Waals surface area contributed by atoms with Gasteiger partial charge in [-0.2, -0.15) is 10.1 Å². The number of imidazole rings is 1. The first kappa shape index (κ1) is 19.0. The second kappa shape index (κ2) is 7.47. The smallest absolute Gasteiger partial charge is 0.303 e. The van der Waals surface area contributed by atoms with Gasteiger partial charge in [0.05, 0.1) is 11.1 Å². The molecule has 0 bridgehead atoms. The number of aromatic amines is 1. The van der Waals surface area contributed by atoms with E-state index in [1.54, 1.807) is 16.7 Å². The largest absolute Gasteiger partial charge is 0.329 e. The first-order valence-corrected chi connectivity index (χ1v) is 8.51. The normalized spacial score (nSPS) is 11.6. The monoisotopic (exact) mass is 385 g/mol. The second-order valence-electron chi connectivity index (χ2n) is 6.65. The molecule has 3 aromatic rings. The van der Waals surface area contributed by atoms with Crippen molar-refractivity contribution in [1.29, 1.82) is 0 Å². The number of hydrogen-bond donors (Lipinski definition) is 2. The molecular weight excluding hydrogens is 366 g/mol. The molecule has 0 spiro atoms. The Morgan fingerprint density at radius 3 is 2.82 bits per heavy atom. The highest BCUT2D eigenvalue weighted by molar-refractivity contribution is 5.81. The summed E-state index contributed by atoms with van der Waals surface area (Å²) in [4.78, 5) is 41.1. The maximum Gasteiger partial charge on any atom is 0.329 e. The van der Waals surface area contributed by atoms with Gasteiger partial charge < -0.3 is 4.57 Å². The van der Waals surface area contributed by atoms with Crippen LogP contribution in [0, 0.1) is 16.0 Å². The van der Waals surface area contributed by atoms with E-state index >= 15 is 0 Å². The van der Waals surface area contributed by atoms with Crippen LogP contribution in [-0.2, 0) is 13.6 Å². The number of anilines is 1. The number of nitrogens with zero attached hydrogens (tertiary/aromatic N) is 5. The standard InChI is InChI=1S/C17H19N7O4/c1-10(2)9-23-13-14(22(3)17(26)20-15(13)25)19-16(23)21-18-8-11-5-4-6-12(7-11)24(27)28/h4-8,10H,9H2,1-3H3,(H,19,21)(H,20,25,26)/b18-8+. The van der Waals surface area contributed by atoms with Crippen molar-refractivity contribution in [3.8, 4) is 0 Å². The van der Waals surface area contributed by atoms with Gasteiger partial charge in [-0.3, -0.25) is 24.5 Å². The van der Waals surface area contributed by atoms with Crippen LogP contribution in [0.3, 0.4) is 0 Å². The zero-order valence-corrected chi connectivity index (χ0v) is 15.5. The van der Waals surface area contributed by atoms with E-state index in [0.29, 0.717) is 12.1 Å². The molecule has 0 aliphatic rings. The lowest BCUT2D eigenvalue weighted by molar-refractivity contribution is -0.384. The van der Waals surface area contributed by atoms with Gasteiger partial charge in [0.25, 0.3) is 11.2 Å². The molecule has 11 nitrogen and oxygen atoms in total. The highest BCUT2D eigenvalue weighted by Crippen LogP contribution is 2.17. The Bertz CT molecular complexity index is 1190. The molecule has 0 unspecified atom stereocenters. The molecule has 11 heteroatoms. The number of nitro benzene ring substituents is 1. The molecule has 0 aliphatic heterocycles. The van der Waals surface area contributed by atoms with E-state index in [-0.39, 0.29) is 28.7 Å². The SMILES string of the molecule is CC(C)Cn1c(N/N=C/c2cccc([N+](=O)[O-])c2)nc2c1c(=O)[nH]c(=O)n2C. The van der Waals surface area contributed by atoms with Crippen molar-refractivity contribution in [2.75, 3.05) is 5.43 Å². The molecule has 3 rings (SSSR count). The van der Waals surface area contributed by atoms with E-state index in [2.05, 4.69) is 20.5 Å². The number of rotatable bonds is 6. The predicted octanol–water partition coefficient (Wildman–Crippen LogP) is 1.43. The average Bonchev–Trinajstić information content (AvgIpc) is 2.98. The Hall–Kier alpha value is -3.76. The number of nitrogens with one attached hydrogen (secondary N) is 2. The van der Waals surface area contributed by atoms with Gasteiger partial charge in [0.2, 0.25) is 5.95 Å². The third-order valence-electron chi connectivity index (χ3n) is 4.01. The molecular formula is C17H19N7O4. The van der Waals surface area contributed by atoms with Crippen molar-refractivity contribution in [3.05, 3.63) is 60.8 Å². The van der Waals surface area contributed by atoms with Crippen LogP contribution in [0.15, 0.2) is 39.0 Å². The minimum atomic E-state index is -0.557. The maximum atomic E-state index is 12.3. The number of hydrogen-bond acceptors (Lipinski definition) is 7. The molecule has 0 aliphatic carbocycles. The fourth-order valence-electron chi connectivity index (χ4n) is 2.75. The van der Waals surface area contributed by atoms with Crippen LogP contribution >= 0.6 is 0 Å². The summed E-state index contributed by atoms with van der Waals surface area (Å²) in [6.45, 7) is 4.45. The van der Waals surface area contributed by atoms with Gasteiger partial charge in [-0.15, -0.1) is 0 Å². The van der Waals surface area contributed by atoms with Gasteiger partial charge in [0.1, 0.15) is 0 Å². The number of non-ortho nitro benzene ring substituents is 1. The van der Waals surface area contributed by atoms with Crippen LogP contribution in [0.25, 0.3) is 11.2 Å². The number of H-pyrrole nitrogens is 1. The van der Waals surface area contributed by atoms with Gasteiger partial charge in [0, 0.05) is 31.3 Å². The summed E-state index contributed by atoms with van der Waals surface area (Å²) in [6.07, 6.45) is 1.41. The van der Waals surface area contributed by atoms with Crippen molar-refractivity contribution >= 4 is 29.0 Å². The van der Waals surface area contributed by atoms with Crippen molar-refractivity contribution in [2.24, 2.45) is 18.1 Å². The van der Waals surface area contributed by atoms with Crippen LogP contribution in [-0.4, -0.2) is 30.2 Å². The van der Waals surface area contributed by atoms with Crippen LogP contribution < -0.4 is 16.7 Å². The fraction of sp³-hybridized carbons (Fsp3) is 0.294. The Kier molecular flexibility index (Phi) is 5.07. The number of aromatic nitrogens is 4. The minimum absolute atomic E-state index is 0.0440. The molecule has 1 aromatic carbocycles. The summed E-state index contributed by atoms with van der Waals surface area (Å²) >= 11 is 0. The molecule has 2 aromatic heterocycles. The Labute approximate surface area is 158 Å². The molecule has 0 saturated heterocycles. The molecule has 0 amide bonds. The van der Waals surface area contributed by atoms with E-state index in [4.69, 9.17) is 0 Å². The minimum Gasteiger partial charge on any atom is -0.303 e. The summed E-state index contributed by atoms with van der Waals surface area (Å²) in [5.74, 6) is 0.493. The molecule has 2 heterocycles. The topological polar surface area (TPSA) is 140 Å². The van der Waals surface area contributed by atoms with Crippen LogP contribution in [0.1, 0.15) is 19.4 Å². The van der Waals surface area contributed by atoms with Crippen molar-refractivity contribution in [2.45, 2.75) is 20.4 Å². The summed E-state index contributed by atoms with van der Waals surface area (Å²) in [7, 11) is 1.52. The predicted molar refractivity (Wildman–Crippen MR) is 105 cm³/mol. The summed E-state index contributed by atoms with van der Waals surface area (Å²) in [5.41, 5.74) is 2.67. The van der Waals surface area contributed by atoms with Gasteiger partial charge >= 0.3 is 5.69 Å². The fourth-order valence-corrected chi connectivity index (χ4v) is 2.75. The lowest BCUT2D eigenvalue weighted by Gasteiger charge is -2.10. The van der Waals surface area contributed by atoms with Gasteiger partial charge in [-0.05, 0) is 5.92 Å². The van der Waals surface area contributed by atoms with Crippen LogP contribution in [0.4, 0.5) is 11.6 Å². The summed E-state index contributed by atoms with van der Waals surface area (Å²) < 4.78 is 2.91. The lowest BCUT2D eigenvalue weighted by Crippen LogP contribution is -2.29. The summed E-state index contributed by atoms with van der Waals surface area (Å²) in [6, 6.07) is 6.00. The number of hydrazone groups is 1. The first-order valence-electron chi connectivity index (χ1n) is 8.51. The van der Waals surface area contributed by atoms with Gasteiger partial charge in [-0.25, -0.2) is 10.2 Å². The molecule has 2 N–H and O–H groups in total. The lowest BCUT2D eigenvalue weighted by atomic mass is 10.2. The van der Waals surface area contributed by atoms with E-state index in [9.17, 15) is 19.7 Å². The second-order valence-corrected chi connectivity index (χ2v) is 6.65. The molecule has 146 valence electrons. The van der Waals surface area contributed by atoms with Crippen LogP contribution in [0.5, 0.6) is 0 Å². The third-order valence-corrected chi connectivity index (χ3v) is 4.01. The molecule has 0 atom stereocenters.